The van der Waals surface area contributed by atoms with Crippen molar-refractivity contribution in [2.24, 2.45) is 11.7 Å². The maximum atomic E-state index is 14.6. The number of nitrogens with one attached hydrogen (secondary N) is 5. The van der Waals surface area contributed by atoms with E-state index in [4.69, 9.17) is 15.0 Å². The summed E-state index contributed by atoms with van der Waals surface area (Å²) in [6.45, 7) is 4.00. The zero-order chi connectivity index (χ0) is 62.7. The van der Waals surface area contributed by atoms with Gasteiger partial charge in [0, 0.05) is 90.7 Å². The molecule has 12 atom stereocenters. The smallest absolute Gasteiger partial charge is 0.446 e. The summed E-state index contributed by atoms with van der Waals surface area (Å²) >= 11 is 0. The van der Waals surface area contributed by atoms with Crippen LogP contribution in [0.3, 0.4) is 0 Å². The standard InChI is InChI=1S/C56H71N9O20S.Na/c1-4-5-6-20-83-35-16-14-32(15-17-35)42-24-36(63-84-42)31-10-12-33(13-11-31)50(73)59-37-23-34(67)26-58-54(77)48-49(72)28(2)27-65(48)56(79)47(41(70)25-44(57)71)62-53(76)46(40(69)21-30-9-18-39(68)43(22-30)85-86(80,81)82)61-52(75)38-8-7-19-64(38)55(78)45(29(3)66)60-51(37)74;/h9-18,22,24,28-29,34,37-38,40-41,45-49,66-70,72H,4-8,19-21,23,25-27H2,1-3H3,(H2,57,71)(H,58,77)(H,59,73)(H,60,74)(H,61,75)(H,62,76)(H,80,81,82);/t28-,29+,34+,37-,38-,40+,41+,45-,46-,47-,48-,49-;/m0./s1. The first kappa shape index (κ1) is 68.8. The Balaban J connectivity index is 0.0000121. The first-order valence-electron chi connectivity index (χ1n) is 27.8. The number of fused-ring (bicyclic) bond motifs is 2. The Morgan fingerprint density at radius 2 is 1.49 bits per heavy atom. The van der Waals surface area contributed by atoms with E-state index in [9.17, 15) is 82.0 Å². The van der Waals surface area contributed by atoms with Gasteiger partial charge in [-0.25, -0.2) is 0 Å². The second-order valence-corrected chi connectivity index (χ2v) is 22.5. The molecule has 3 aliphatic heterocycles. The summed E-state index contributed by atoms with van der Waals surface area (Å²) in [6, 6.07) is 6.48. The third kappa shape index (κ3) is 17.9. The molecule has 14 N–H and O–H groups in total. The second kappa shape index (κ2) is 30.6. The van der Waals surface area contributed by atoms with Crippen LogP contribution in [0.25, 0.3) is 22.6 Å². The average molecular weight is 1250 g/mol. The maximum Gasteiger partial charge on any atom is 0.446 e. The Bertz CT molecular complexity index is 3230. The molecule has 87 heavy (non-hydrogen) atoms. The van der Waals surface area contributed by atoms with E-state index in [1.807, 2.05) is 24.3 Å². The number of nitrogens with two attached hydrogens (primary N) is 1. The van der Waals surface area contributed by atoms with E-state index >= 15 is 0 Å². The first-order valence-corrected chi connectivity index (χ1v) is 29.2. The van der Waals surface area contributed by atoms with Gasteiger partial charge in [0.15, 0.2) is 17.3 Å². The number of aliphatic hydroxyl groups is 5. The van der Waals surface area contributed by atoms with Gasteiger partial charge in [-0.15, -0.1) is 0 Å². The molecule has 3 aromatic carbocycles. The van der Waals surface area contributed by atoms with Crippen molar-refractivity contribution in [2.75, 3.05) is 26.2 Å². The van der Waals surface area contributed by atoms with Gasteiger partial charge in [0.25, 0.3) is 5.91 Å². The normalized spacial score (nSPS) is 24.5. The van der Waals surface area contributed by atoms with E-state index in [0.717, 1.165) is 59.7 Å². The number of aromatic hydroxyl groups is 1. The first-order chi connectivity index (χ1) is 40.7. The zero-order valence-electron chi connectivity index (χ0n) is 48.1. The van der Waals surface area contributed by atoms with Crippen LogP contribution in [0.15, 0.2) is 77.3 Å². The molecule has 7 rings (SSSR count). The quantitative estimate of drug-likeness (QED) is 0.0289. The number of unbranched alkanes of at least 4 members (excludes halogenated alkanes) is 2. The topological polar surface area (TPSA) is 449 Å². The van der Waals surface area contributed by atoms with Crippen LogP contribution in [-0.2, 0) is 50.4 Å². The molecule has 0 unspecified atom stereocenters. The third-order valence-corrected chi connectivity index (χ3v) is 15.3. The van der Waals surface area contributed by atoms with Crippen LogP contribution in [-0.4, -0.2) is 228 Å². The van der Waals surface area contributed by atoms with Crippen LogP contribution in [0.5, 0.6) is 17.2 Å². The number of benzene rings is 3. The molecule has 3 fully saturated rings. The molecule has 0 spiro atoms. The van der Waals surface area contributed by atoms with Gasteiger partial charge in [-0.2, -0.15) is 8.42 Å². The summed E-state index contributed by atoms with van der Waals surface area (Å²) in [5.74, 6) is -10.5. The summed E-state index contributed by atoms with van der Waals surface area (Å²) in [6.07, 6.45) is -8.67. The zero-order valence-corrected chi connectivity index (χ0v) is 50.9. The Morgan fingerprint density at radius 1 is 0.839 bits per heavy atom. The number of ether oxygens (including phenoxy) is 1. The van der Waals surface area contributed by atoms with Gasteiger partial charge >= 0.3 is 10.4 Å². The fraction of sp³-hybridized carbons (Fsp3) is 0.482. The molecule has 3 saturated heterocycles. The van der Waals surface area contributed by atoms with E-state index in [1.165, 1.54) is 19.1 Å². The van der Waals surface area contributed by atoms with E-state index < -0.39 is 174 Å². The molecule has 0 bridgehead atoms. The number of phenolic OH excluding ortho intramolecular Hbond substituents is 1. The van der Waals surface area contributed by atoms with E-state index in [1.54, 1.807) is 18.2 Å². The van der Waals surface area contributed by atoms with Crippen LogP contribution in [0.2, 0.25) is 0 Å². The average Bonchev–Trinajstić information content (AvgIpc) is 1.95. The van der Waals surface area contributed by atoms with E-state index in [2.05, 4.69) is 42.8 Å². The number of carbonyl (C=O) groups excluding carboxylic acids is 8. The van der Waals surface area contributed by atoms with Crippen LogP contribution >= 0.6 is 0 Å². The number of hydrogen-bond donors (Lipinski definition) is 13. The Kier molecular flexibility index (Phi) is 24.2. The van der Waals surface area contributed by atoms with Gasteiger partial charge in [-0.3, -0.25) is 42.9 Å². The Labute approximate surface area is 521 Å². The fourth-order valence-corrected chi connectivity index (χ4v) is 10.7. The largest absolute Gasteiger partial charge is 0.504 e. The van der Waals surface area contributed by atoms with Crippen molar-refractivity contribution in [3.8, 4) is 39.8 Å². The summed E-state index contributed by atoms with van der Waals surface area (Å²) in [4.78, 5) is 115. The number of nitrogens with zero attached hydrogens (tertiary/aromatic N) is 3. The van der Waals surface area contributed by atoms with Gasteiger partial charge in [0.1, 0.15) is 47.7 Å². The molecule has 0 aliphatic carbocycles. The van der Waals surface area contributed by atoms with Crippen LogP contribution in [0.1, 0.15) is 81.6 Å². The summed E-state index contributed by atoms with van der Waals surface area (Å²) < 4.78 is 48.2. The minimum atomic E-state index is -5.21. The van der Waals surface area contributed by atoms with Crippen LogP contribution in [0, 0.1) is 5.92 Å². The number of rotatable bonds is 18. The Hall–Kier alpha value is -7.26. The van der Waals surface area contributed by atoms with Gasteiger partial charge in [-0.05, 0) is 80.3 Å². The second-order valence-electron chi connectivity index (χ2n) is 21.5. The van der Waals surface area contributed by atoms with E-state index in [0.29, 0.717) is 29.4 Å². The summed E-state index contributed by atoms with van der Waals surface area (Å²) in [7, 11) is -5.21. The number of carbonyl (C=O) groups is 8. The van der Waals surface area contributed by atoms with Crippen molar-refractivity contribution >= 4 is 87.2 Å². The Morgan fingerprint density at radius 3 is 2.15 bits per heavy atom. The van der Waals surface area contributed by atoms with Crippen LogP contribution in [0.4, 0.5) is 0 Å². The van der Waals surface area contributed by atoms with Crippen LogP contribution < -0.4 is 41.2 Å². The third-order valence-electron chi connectivity index (χ3n) is 14.9. The minimum absolute atomic E-state index is 0. The molecular weight excluding hydrogens is 1170 g/mol. The number of hydrogen-bond acceptors (Lipinski definition) is 20. The number of amides is 8. The molecule has 0 saturated carbocycles. The monoisotopic (exact) mass is 1240 g/mol. The van der Waals surface area contributed by atoms with Crippen molar-refractivity contribution in [2.45, 2.75) is 139 Å². The number of phenols is 1. The molecule has 467 valence electrons. The molecule has 3 aliphatic rings. The van der Waals surface area contributed by atoms with Gasteiger partial charge in [0.2, 0.25) is 41.4 Å². The fourth-order valence-electron chi connectivity index (χ4n) is 10.3. The van der Waals surface area contributed by atoms with Gasteiger partial charge in [0.05, 0.1) is 43.5 Å². The molecule has 1 aromatic heterocycles. The summed E-state index contributed by atoms with van der Waals surface area (Å²) in [5.41, 5.74) is 6.97. The van der Waals surface area contributed by atoms with Crippen molar-refractivity contribution in [3.63, 3.8) is 0 Å². The number of aliphatic hydroxyl groups excluding tert-OH is 5. The molecule has 4 aromatic rings. The van der Waals surface area contributed by atoms with Crippen molar-refractivity contribution < 1.29 is 95.4 Å². The minimum Gasteiger partial charge on any atom is -0.504 e. The van der Waals surface area contributed by atoms with Crippen molar-refractivity contribution in [1.82, 2.24) is 41.5 Å². The molecule has 8 amide bonds. The molecule has 4 heterocycles. The number of aromatic nitrogens is 1. The summed E-state index contributed by atoms with van der Waals surface area (Å²) in [5, 5.41) is 83.4. The molecule has 31 heteroatoms. The van der Waals surface area contributed by atoms with Gasteiger partial charge in [-0.1, -0.05) is 50.0 Å². The predicted molar refractivity (Wildman–Crippen MR) is 306 cm³/mol. The number of primary amides is 1. The van der Waals surface area contributed by atoms with E-state index in [-0.39, 0.29) is 60.1 Å². The van der Waals surface area contributed by atoms with Gasteiger partial charge < -0.3 is 86.2 Å². The SMILES string of the molecule is CCCCCOc1ccc(-c2cc(-c3ccc(C(=O)N[C@H]4C[C@@H](O)CNC(=O)[C@@H]5[C@@H](O)[C@@H](C)CN5C(=O)[C@H]([C@H](O)CC(N)=O)NC(=O)[C@H]([C@H](O)Cc5ccc(O)c(OS(=O)(=O)O)c5)NC(=O)[C@@H]5CCCN5C(=O)[C@H]([C@@H](C)O)NC4=O)cc3)no2)cc1.[Na]. The number of β-amino-alcohol motifs (C(OH)–C–C–N with tert-alkyl or cyclic N) is 1. The predicted octanol–water partition coefficient (Wildman–Crippen LogP) is -2.06. The molecule has 1 radical (unpaired) electrons. The molecular formula is C56H71N9NaO20S. The van der Waals surface area contributed by atoms with Crippen molar-refractivity contribution in [3.05, 3.63) is 83.9 Å². The van der Waals surface area contributed by atoms with Crippen molar-refractivity contribution in [1.29, 1.82) is 0 Å². The maximum absolute atomic E-state index is 14.6. The molecule has 29 nitrogen and oxygen atoms in total.